The zero-order valence-corrected chi connectivity index (χ0v) is 25.3. The lowest BCUT2D eigenvalue weighted by Crippen LogP contribution is -2.39. The molecule has 1 atom stereocenters. The van der Waals surface area contributed by atoms with E-state index < -0.39 is 8.07 Å². The van der Waals surface area contributed by atoms with Crippen molar-refractivity contribution in [1.29, 1.82) is 0 Å². The van der Waals surface area contributed by atoms with Gasteiger partial charge in [0.1, 0.15) is 24.7 Å². The first-order valence-corrected chi connectivity index (χ1v) is 18.1. The predicted molar refractivity (Wildman–Crippen MR) is 164 cm³/mol. The number of hydrogen-bond donors (Lipinski definition) is 1. The molecule has 0 aliphatic carbocycles. The van der Waals surface area contributed by atoms with Crippen LogP contribution in [-0.2, 0) is 22.8 Å². The van der Waals surface area contributed by atoms with E-state index in [1.54, 1.807) is 17.3 Å². The van der Waals surface area contributed by atoms with Crippen LogP contribution >= 0.6 is 0 Å². The summed E-state index contributed by atoms with van der Waals surface area (Å²) in [7, 11) is -1.13. The van der Waals surface area contributed by atoms with Gasteiger partial charge in [0.25, 0.3) is 0 Å². The highest BCUT2D eigenvalue weighted by molar-refractivity contribution is 6.76. The largest absolute Gasteiger partial charge is 0.445 e. The fourth-order valence-corrected chi connectivity index (χ4v) is 5.65. The maximum Gasteiger partial charge on any atom is 0.410 e. The summed E-state index contributed by atoms with van der Waals surface area (Å²) < 4.78 is 13.5. The molecule has 0 radical (unpaired) electrons. The number of pyridine rings is 1. The van der Waals surface area contributed by atoms with Crippen LogP contribution in [0.5, 0.6) is 0 Å². The van der Waals surface area contributed by atoms with Crippen LogP contribution in [0.15, 0.2) is 67.1 Å². The SMILES string of the molecule is C[Si](C)(C)CCOCn1ccc2nc(-c3cccnc3NC3CCCCN(C(=O)OCc4ccccc4)C3)cnc21. The minimum atomic E-state index is -1.13. The maximum absolute atomic E-state index is 12.9. The number of anilines is 1. The van der Waals surface area contributed by atoms with Crippen molar-refractivity contribution >= 4 is 31.1 Å². The number of rotatable bonds is 10. The van der Waals surface area contributed by atoms with Gasteiger partial charge in [-0.3, -0.25) is 0 Å². The smallest absolute Gasteiger partial charge is 0.410 e. The van der Waals surface area contributed by atoms with Crippen LogP contribution in [0.2, 0.25) is 25.7 Å². The zero-order chi connectivity index (χ0) is 28.7. The van der Waals surface area contributed by atoms with E-state index in [9.17, 15) is 4.79 Å². The van der Waals surface area contributed by atoms with Crippen LogP contribution < -0.4 is 5.32 Å². The Morgan fingerprint density at radius 1 is 1.07 bits per heavy atom. The van der Waals surface area contributed by atoms with Gasteiger partial charge in [-0.2, -0.15) is 0 Å². The molecule has 5 rings (SSSR count). The average Bonchev–Trinajstić information content (AvgIpc) is 3.22. The van der Waals surface area contributed by atoms with Gasteiger partial charge < -0.3 is 24.3 Å². The van der Waals surface area contributed by atoms with Crippen molar-refractivity contribution in [3.05, 3.63) is 72.7 Å². The molecule has 3 aromatic heterocycles. The van der Waals surface area contributed by atoms with Crippen LogP contribution in [0.25, 0.3) is 22.4 Å². The molecule has 216 valence electrons. The van der Waals surface area contributed by atoms with E-state index in [2.05, 4.69) is 29.9 Å². The molecule has 1 N–H and O–H groups in total. The van der Waals surface area contributed by atoms with Gasteiger partial charge in [0, 0.05) is 51.8 Å². The second-order valence-corrected chi connectivity index (χ2v) is 17.4. The number of nitrogens with one attached hydrogen (secondary N) is 1. The van der Waals surface area contributed by atoms with Gasteiger partial charge in [-0.1, -0.05) is 50.0 Å². The molecule has 0 spiro atoms. The molecule has 1 fully saturated rings. The number of nitrogens with zero attached hydrogens (tertiary/aromatic N) is 5. The second kappa shape index (κ2) is 13.3. The first-order valence-electron chi connectivity index (χ1n) is 14.4. The van der Waals surface area contributed by atoms with Crippen molar-refractivity contribution in [1.82, 2.24) is 24.4 Å². The third kappa shape index (κ3) is 7.92. The minimum Gasteiger partial charge on any atom is -0.445 e. The van der Waals surface area contributed by atoms with E-state index in [0.717, 1.165) is 65.7 Å². The van der Waals surface area contributed by atoms with Crippen molar-refractivity contribution in [2.75, 3.05) is 25.0 Å². The third-order valence-electron chi connectivity index (χ3n) is 7.25. The minimum absolute atomic E-state index is 0.0431. The first kappa shape index (κ1) is 28.8. The van der Waals surface area contributed by atoms with E-state index >= 15 is 0 Å². The Bertz CT molecular complexity index is 1440. The Morgan fingerprint density at radius 2 is 1.93 bits per heavy atom. The van der Waals surface area contributed by atoms with Gasteiger partial charge >= 0.3 is 6.09 Å². The van der Waals surface area contributed by atoms with Crippen LogP contribution in [0.1, 0.15) is 24.8 Å². The molecule has 41 heavy (non-hydrogen) atoms. The average molecular weight is 573 g/mol. The van der Waals surface area contributed by atoms with E-state index in [0.29, 0.717) is 19.8 Å². The third-order valence-corrected chi connectivity index (χ3v) is 8.95. The Kier molecular flexibility index (Phi) is 9.30. The number of carbonyl (C=O) groups is 1. The van der Waals surface area contributed by atoms with Crippen LogP contribution in [0.4, 0.5) is 10.6 Å². The summed E-state index contributed by atoms with van der Waals surface area (Å²) in [6, 6.07) is 16.8. The van der Waals surface area contributed by atoms with Crippen molar-refractivity contribution in [2.24, 2.45) is 0 Å². The highest BCUT2D eigenvalue weighted by Gasteiger charge is 2.24. The molecule has 9 nitrogen and oxygen atoms in total. The van der Waals surface area contributed by atoms with E-state index in [4.69, 9.17) is 19.4 Å². The summed E-state index contributed by atoms with van der Waals surface area (Å²) in [5.41, 5.74) is 4.22. The van der Waals surface area contributed by atoms with E-state index in [1.165, 1.54) is 0 Å². The van der Waals surface area contributed by atoms with E-state index in [-0.39, 0.29) is 18.7 Å². The maximum atomic E-state index is 12.9. The molecule has 1 saturated heterocycles. The van der Waals surface area contributed by atoms with Crippen molar-refractivity contribution < 1.29 is 14.3 Å². The predicted octanol–water partition coefficient (Wildman–Crippen LogP) is 6.41. The Balaban J connectivity index is 1.25. The topological polar surface area (TPSA) is 94.4 Å². The van der Waals surface area contributed by atoms with Gasteiger partial charge in [0.05, 0.1) is 11.9 Å². The van der Waals surface area contributed by atoms with Gasteiger partial charge in [-0.05, 0) is 49.1 Å². The summed E-state index contributed by atoms with van der Waals surface area (Å²) in [5.74, 6) is 0.736. The Morgan fingerprint density at radius 3 is 2.76 bits per heavy atom. The quantitative estimate of drug-likeness (QED) is 0.173. The summed E-state index contributed by atoms with van der Waals surface area (Å²) in [6.07, 6.45) is 8.15. The summed E-state index contributed by atoms with van der Waals surface area (Å²) in [5, 5.41) is 3.60. The standard InChI is InChI=1S/C31H40N6O3Si/c1-41(2,3)19-18-39-23-37-17-14-27-30(37)33-20-28(35-27)26-13-9-15-32-29(26)34-25-12-7-8-16-36(21-25)31(38)40-22-24-10-5-4-6-11-24/h4-6,9-11,13-15,17,20,25H,7-8,12,16,18-19,21-23H2,1-3H3,(H,32,34). The highest BCUT2D eigenvalue weighted by atomic mass is 28.3. The molecule has 0 saturated carbocycles. The number of carbonyl (C=O) groups excluding carboxylic acids is 1. The molecule has 1 unspecified atom stereocenters. The van der Waals surface area contributed by atoms with Crippen LogP contribution in [-0.4, -0.2) is 64.3 Å². The van der Waals surface area contributed by atoms with Gasteiger partial charge in [0.15, 0.2) is 5.65 Å². The number of likely N-dealkylation sites (tertiary alicyclic amines) is 1. The van der Waals surface area contributed by atoms with Gasteiger partial charge in [0.2, 0.25) is 0 Å². The van der Waals surface area contributed by atoms with Gasteiger partial charge in [-0.15, -0.1) is 0 Å². The molecule has 1 amide bonds. The summed E-state index contributed by atoms with van der Waals surface area (Å²) in [4.78, 5) is 29.0. The lowest BCUT2D eigenvalue weighted by molar-refractivity contribution is 0.0898. The monoisotopic (exact) mass is 572 g/mol. The normalized spacial score (nSPS) is 16.0. The fraction of sp³-hybridized carbons (Fsp3) is 0.419. The Hall–Kier alpha value is -3.76. The Labute approximate surface area is 242 Å². The molecule has 1 aromatic carbocycles. The molecule has 10 heteroatoms. The fourth-order valence-electron chi connectivity index (χ4n) is 4.89. The molecule has 1 aliphatic rings. The van der Waals surface area contributed by atoms with Crippen molar-refractivity contribution in [3.8, 4) is 11.3 Å². The first-order chi connectivity index (χ1) is 19.9. The van der Waals surface area contributed by atoms with Gasteiger partial charge in [-0.25, -0.2) is 19.7 Å². The molecular weight excluding hydrogens is 532 g/mol. The number of benzene rings is 1. The number of fused-ring (bicyclic) bond motifs is 1. The number of hydrogen-bond acceptors (Lipinski definition) is 7. The number of aromatic nitrogens is 4. The molecule has 4 heterocycles. The molecular formula is C31H40N6O3Si. The van der Waals surface area contributed by atoms with E-state index in [1.807, 2.05) is 59.3 Å². The zero-order valence-electron chi connectivity index (χ0n) is 24.3. The highest BCUT2D eigenvalue weighted by Crippen LogP contribution is 2.27. The summed E-state index contributed by atoms with van der Waals surface area (Å²) >= 11 is 0. The second-order valence-electron chi connectivity index (χ2n) is 11.8. The molecule has 1 aliphatic heterocycles. The van der Waals surface area contributed by atoms with Crippen LogP contribution in [0.3, 0.4) is 0 Å². The van der Waals surface area contributed by atoms with Crippen molar-refractivity contribution in [2.45, 2.75) is 64.3 Å². The van der Waals surface area contributed by atoms with Crippen molar-refractivity contribution in [3.63, 3.8) is 0 Å². The lowest BCUT2D eigenvalue weighted by Gasteiger charge is -2.25. The summed E-state index contributed by atoms with van der Waals surface area (Å²) in [6.45, 7) is 9.78. The molecule has 4 aromatic rings. The number of ether oxygens (including phenoxy) is 2. The molecule has 0 bridgehead atoms. The lowest BCUT2D eigenvalue weighted by atomic mass is 10.1. The number of amides is 1. The van der Waals surface area contributed by atoms with Crippen LogP contribution in [0, 0.1) is 0 Å².